The first kappa shape index (κ1) is 14.1. The Hall–Kier alpha value is -1.31. The van der Waals surface area contributed by atoms with E-state index in [1.807, 2.05) is 6.92 Å². The van der Waals surface area contributed by atoms with E-state index in [0.29, 0.717) is 31.9 Å². The van der Waals surface area contributed by atoms with E-state index in [2.05, 4.69) is 10.0 Å². The van der Waals surface area contributed by atoms with Crippen LogP contribution < -0.4 is 14.8 Å². The number of nitrogens with one attached hydrogen (secondary N) is 2. The van der Waals surface area contributed by atoms with Gasteiger partial charge in [-0.05, 0) is 30.7 Å². The quantitative estimate of drug-likeness (QED) is 0.848. The highest BCUT2D eigenvalue weighted by atomic mass is 32.2. The molecule has 1 aliphatic heterocycles. The highest BCUT2D eigenvalue weighted by Crippen LogP contribution is 2.22. The predicted octanol–water partition coefficient (Wildman–Crippen LogP) is 0.566. The van der Waals surface area contributed by atoms with Crippen molar-refractivity contribution in [2.24, 2.45) is 0 Å². The van der Waals surface area contributed by atoms with Crippen LogP contribution in [0.1, 0.15) is 5.56 Å². The number of rotatable bonds is 4. The maximum atomic E-state index is 12.2. The molecule has 0 spiro atoms. The van der Waals surface area contributed by atoms with Crippen LogP contribution in [0.2, 0.25) is 0 Å². The average Bonchev–Trinajstić information content (AvgIpc) is 2.39. The van der Waals surface area contributed by atoms with Gasteiger partial charge in [0.15, 0.2) is 0 Å². The van der Waals surface area contributed by atoms with Gasteiger partial charge in [-0.15, -0.1) is 0 Å². The summed E-state index contributed by atoms with van der Waals surface area (Å²) in [6.07, 6.45) is 0. The fraction of sp³-hybridized carbons (Fsp3) is 0.500. The van der Waals surface area contributed by atoms with Crippen molar-refractivity contribution < 1.29 is 13.2 Å². The van der Waals surface area contributed by atoms with Crippen LogP contribution in [0.15, 0.2) is 18.2 Å². The molecule has 0 amide bonds. The molecule has 1 fully saturated rings. The first-order chi connectivity index (χ1) is 9.03. The van der Waals surface area contributed by atoms with Crippen LogP contribution in [0.4, 0.5) is 5.69 Å². The standard InChI is InChI=1S/C12H19N3O3S/c1-10-9-11(3-4-12(10)18-2)14-19(16,17)15-7-5-13-6-8-15/h3-4,9,13-14H,5-8H2,1-2H3. The molecule has 0 unspecified atom stereocenters. The summed E-state index contributed by atoms with van der Waals surface area (Å²) in [4.78, 5) is 0. The minimum absolute atomic E-state index is 0.491. The van der Waals surface area contributed by atoms with Crippen molar-refractivity contribution in [3.05, 3.63) is 23.8 Å². The Morgan fingerprint density at radius 1 is 1.32 bits per heavy atom. The van der Waals surface area contributed by atoms with Crippen molar-refractivity contribution in [1.82, 2.24) is 9.62 Å². The van der Waals surface area contributed by atoms with Gasteiger partial charge in [0, 0.05) is 26.2 Å². The zero-order valence-electron chi connectivity index (χ0n) is 11.1. The van der Waals surface area contributed by atoms with Crippen molar-refractivity contribution >= 4 is 15.9 Å². The largest absolute Gasteiger partial charge is 0.496 e. The molecule has 6 nitrogen and oxygen atoms in total. The van der Waals surface area contributed by atoms with E-state index in [4.69, 9.17) is 4.74 Å². The molecule has 19 heavy (non-hydrogen) atoms. The lowest BCUT2D eigenvalue weighted by Gasteiger charge is -2.27. The normalized spacial score (nSPS) is 17.2. The Morgan fingerprint density at radius 2 is 2.00 bits per heavy atom. The lowest BCUT2D eigenvalue weighted by Crippen LogP contribution is -2.48. The average molecular weight is 285 g/mol. The fourth-order valence-corrected chi connectivity index (χ4v) is 3.26. The zero-order chi connectivity index (χ0) is 13.9. The van der Waals surface area contributed by atoms with Crippen molar-refractivity contribution in [3.8, 4) is 5.75 Å². The summed E-state index contributed by atoms with van der Waals surface area (Å²) in [5.74, 6) is 0.741. The van der Waals surface area contributed by atoms with E-state index in [0.717, 1.165) is 11.3 Å². The van der Waals surface area contributed by atoms with Gasteiger partial charge in [-0.3, -0.25) is 4.72 Å². The number of hydrogen-bond donors (Lipinski definition) is 2. The van der Waals surface area contributed by atoms with Gasteiger partial charge in [-0.1, -0.05) is 0 Å². The molecule has 1 saturated heterocycles. The third-order valence-electron chi connectivity index (χ3n) is 3.06. The topological polar surface area (TPSA) is 70.7 Å². The number of hydrogen-bond acceptors (Lipinski definition) is 4. The third-order valence-corrected chi connectivity index (χ3v) is 4.60. The molecular formula is C12H19N3O3S. The Kier molecular flexibility index (Phi) is 4.28. The van der Waals surface area contributed by atoms with Crippen LogP contribution in [0.3, 0.4) is 0 Å². The minimum Gasteiger partial charge on any atom is -0.496 e. The Bertz CT molecular complexity index is 539. The molecule has 2 N–H and O–H groups in total. The summed E-state index contributed by atoms with van der Waals surface area (Å²) in [7, 11) is -1.88. The van der Waals surface area contributed by atoms with Crippen LogP contribution in [0.5, 0.6) is 5.75 Å². The third kappa shape index (κ3) is 3.37. The van der Waals surface area contributed by atoms with Gasteiger partial charge in [0.2, 0.25) is 0 Å². The van der Waals surface area contributed by atoms with Crippen LogP contribution in [0.25, 0.3) is 0 Å². The van der Waals surface area contributed by atoms with Crippen molar-refractivity contribution in [3.63, 3.8) is 0 Å². The second kappa shape index (κ2) is 5.77. The van der Waals surface area contributed by atoms with Crippen LogP contribution in [0, 0.1) is 6.92 Å². The first-order valence-electron chi connectivity index (χ1n) is 6.16. The molecule has 0 bridgehead atoms. The van der Waals surface area contributed by atoms with Gasteiger partial charge < -0.3 is 10.1 Å². The predicted molar refractivity (Wildman–Crippen MR) is 74.7 cm³/mol. The van der Waals surface area contributed by atoms with Crippen LogP contribution in [-0.2, 0) is 10.2 Å². The molecule has 2 rings (SSSR count). The highest BCUT2D eigenvalue weighted by Gasteiger charge is 2.23. The van der Waals surface area contributed by atoms with E-state index in [1.165, 1.54) is 4.31 Å². The van der Waals surface area contributed by atoms with E-state index >= 15 is 0 Å². The molecule has 1 heterocycles. The van der Waals surface area contributed by atoms with Crippen LogP contribution in [-0.4, -0.2) is 46.0 Å². The van der Waals surface area contributed by atoms with E-state index in [9.17, 15) is 8.42 Å². The smallest absolute Gasteiger partial charge is 0.301 e. The van der Waals surface area contributed by atoms with Gasteiger partial charge in [-0.2, -0.15) is 12.7 Å². The lowest BCUT2D eigenvalue weighted by atomic mass is 10.2. The van der Waals surface area contributed by atoms with E-state index in [1.54, 1.807) is 25.3 Å². The fourth-order valence-electron chi connectivity index (χ4n) is 2.04. The number of anilines is 1. The van der Waals surface area contributed by atoms with Crippen molar-refractivity contribution in [2.75, 3.05) is 38.0 Å². The first-order valence-corrected chi connectivity index (χ1v) is 7.60. The second-order valence-electron chi connectivity index (χ2n) is 4.44. The molecule has 0 aliphatic carbocycles. The lowest BCUT2D eigenvalue weighted by molar-refractivity contribution is 0.362. The SMILES string of the molecule is COc1ccc(NS(=O)(=O)N2CCNCC2)cc1C. The maximum absolute atomic E-state index is 12.2. The molecule has 1 aliphatic rings. The molecule has 1 aromatic carbocycles. The highest BCUT2D eigenvalue weighted by molar-refractivity contribution is 7.90. The van der Waals surface area contributed by atoms with E-state index < -0.39 is 10.2 Å². The van der Waals surface area contributed by atoms with Crippen LogP contribution >= 0.6 is 0 Å². The van der Waals surface area contributed by atoms with Gasteiger partial charge in [-0.25, -0.2) is 0 Å². The minimum atomic E-state index is -3.47. The summed E-state index contributed by atoms with van der Waals surface area (Å²) in [6, 6.07) is 5.22. The number of piperazine rings is 1. The summed E-state index contributed by atoms with van der Waals surface area (Å²) in [6.45, 7) is 4.22. The molecule has 106 valence electrons. The Labute approximate surface area is 113 Å². The Balaban J connectivity index is 2.13. The molecule has 1 aromatic rings. The summed E-state index contributed by atoms with van der Waals surface area (Å²) < 4.78 is 33.5. The van der Waals surface area contributed by atoms with Crippen molar-refractivity contribution in [1.29, 1.82) is 0 Å². The maximum Gasteiger partial charge on any atom is 0.301 e. The molecule has 0 saturated carbocycles. The number of methoxy groups -OCH3 is 1. The number of ether oxygens (including phenoxy) is 1. The zero-order valence-corrected chi connectivity index (χ0v) is 12.0. The van der Waals surface area contributed by atoms with E-state index in [-0.39, 0.29) is 0 Å². The van der Waals surface area contributed by atoms with Gasteiger partial charge in [0.25, 0.3) is 0 Å². The molecular weight excluding hydrogens is 266 g/mol. The second-order valence-corrected chi connectivity index (χ2v) is 6.11. The Morgan fingerprint density at radius 3 is 2.58 bits per heavy atom. The number of benzene rings is 1. The van der Waals surface area contributed by atoms with Gasteiger partial charge in [0.05, 0.1) is 12.8 Å². The van der Waals surface area contributed by atoms with Gasteiger partial charge >= 0.3 is 10.2 Å². The monoisotopic (exact) mass is 285 g/mol. The number of nitrogens with zero attached hydrogens (tertiary/aromatic N) is 1. The molecule has 0 radical (unpaired) electrons. The summed E-state index contributed by atoms with van der Waals surface area (Å²) >= 11 is 0. The molecule has 0 aromatic heterocycles. The summed E-state index contributed by atoms with van der Waals surface area (Å²) in [5.41, 5.74) is 1.44. The number of aryl methyl sites for hydroxylation is 1. The van der Waals surface area contributed by atoms with Crippen molar-refractivity contribution in [2.45, 2.75) is 6.92 Å². The molecule has 0 atom stereocenters. The van der Waals surface area contributed by atoms with Gasteiger partial charge in [0.1, 0.15) is 5.75 Å². The molecule has 7 heteroatoms. The summed E-state index contributed by atoms with van der Waals surface area (Å²) in [5, 5.41) is 3.12.